The first-order valence-corrected chi connectivity index (χ1v) is 14.4. The van der Waals surface area contributed by atoms with E-state index in [9.17, 15) is 19.5 Å². The lowest BCUT2D eigenvalue weighted by Gasteiger charge is -2.38. The molecule has 0 radical (unpaired) electrons. The number of likely N-dealkylation sites (tertiary alicyclic amines) is 1. The lowest BCUT2D eigenvalue weighted by molar-refractivity contribution is -0.150. The van der Waals surface area contributed by atoms with Crippen molar-refractivity contribution in [3.8, 4) is 0 Å². The lowest BCUT2D eigenvalue weighted by Crippen LogP contribution is -2.56. The van der Waals surface area contributed by atoms with Gasteiger partial charge in [-0.05, 0) is 37.0 Å². The number of nitrogens with zero attached hydrogens (tertiary/aromatic N) is 3. The Morgan fingerprint density at radius 3 is 2.27 bits per heavy atom. The summed E-state index contributed by atoms with van der Waals surface area (Å²) in [6.07, 6.45) is 8.13. The first kappa shape index (κ1) is 27.4. The van der Waals surface area contributed by atoms with Crippen molar-refractivity contribution in [2.45, 2.75) is 51.0 Å². The van der Waals surface area contributed by atoms with Crippen LogP contribution in [-0.2, 0) is 25.7 Å². The molecule has 2 aromatic carbocycles. The standard InChI is InChI=1S/C33H37N3O5/c1-4-32-15-9-17-34(21-24-13-6-5-7-14-24)29(38)25(32)26-30(39)36(19-20-37)28-31(40)35(18-10-16-33(26,28)41-32)27-22(2)11-8-12-23(27)3/h5-16,25-26,28,37H,4,17-21H2,1-3H3/t25-,26-,28?,32+,33-/m0/s1. The highest BCUT2D eigenvalue weighted by Crippen LogP contribution is 2.58. The third kappa shape index (κ3) is 4.07. The Hall–Kier alpha value is -3.75. The normalized spacial score (nSPS) is 30.8. The molecular formula is C33H37N3O5. The van der Waals surface area contributed by atoms with Crippen LogP contribution in [0.2, 0.25) is 0 Å². The van der Waals surface area contributed by atoms with Crippen LogP contribution in [0.25, 0.3) is 0 Å². The monoisotopic (exact) mass is 555 g/mol. The third-order valence-corrected chi connectivity index (χ3v) is 9.29. The maximum Gasteiger partial charge on any atom is 0.253 e. The molecule has 2 fully saturated rings. The van der Waals surface area contributed by atoms with Gasteiger partial charge in [-0.3, -0.25) is 14.4 Å². The van der Waals surface area contributed by atoms with E-state index in [-0.39, 0.29) is 30.9 Å². The van der Waals surface area contributed by atoms with E-state index in [4.69, 9.17) is 4.74 Å². The van der Waals surface area contributed by atoms with E-state index in [1.54, 1.807) is 9.80 Å². The molecule has 6 rings (SSSR count). The third-order valence-electron chi connectivity index (χ3n) is 9.29. The van der Waals surface area contributed by atoms with Gasteiger partial charge in [-0.25, -0.2) is 0 Å². The van der Waals surface area contributed by atoms with Crippen molar-refractivity contribution in [3.63, 3.8) is 0 Å². The van der Waals surface area contributed by atoms with E-state index >= 15 is 0 Å². The molecule has 1 N–H and O–H groups in total. The molecule has 214 valence electrons. The van der Waals surface area contributed by atoms with Gasteiger partial charge in [0.1, 0.15) is 11.6 Å². The highest BCUT2D eigenvalue weighted by atomic mass is 16.5. The summed E-state index contributed by atoms with van der Waals surface area (Å²) in [7, 11) is 0. The maximum absolute atomic E-state index is 14.6. The molecule has 4 aliphatic heterocycles. The average Bonchev–Trinajstić information content (AvgIpc) is 3.25. The van der Waals surface area contributed by atoms with Crippen molar-refractivity contribution >= 4 is 23.4 Å². The Kier molecular flexibility index (Phi) is 6.86. The molecule has 1 spiro atoms. The average molecular weight is 556 g/mol. The van der Waals surface area contributed by atoms with Crippen LogP contribution in [0.4, 0.5) is 5.69 Å². The van der Waals surface area contributed by atoms with Crippen LogP contribution in [0, 0.1) is 25.7 Å². The SMILES string of the molecule is CC[C@@]12C=CCN(Cc3ccccc3)C(=O)[C@@H]1[C@H]1C(=O)N(CCO)C3C(=O)N(c4c(C)cccc4C)CC=C[C@@]31O2. The molecule has 8 nitrogen and oxygen atoms in total. The fraction of sp³-hybridized carbons (Fsp3) is 0.424. The topological polar surface area (TPSA) is 90.4 Å². The van der Waals surface area contributed by atoms with Crippen molar-refractivity contribution in [3.05, 3.63) is 89.5 Å². The molecular weight excluding hydrogens is 518 g/mol. The van der Waals surface area contributed by atoms with Crippen LogP contribution in [0.15, 0.2) is 72.8 Å². The molecule has 4 aliphatic rings. The number of carbonyl (C=O) groups excluding carboxylic acids is 3. The molecule has 41 heavy (non-hydrogen) atoms. The second kappa shape index (κ2) is 10.3. The molecule has 8 heteroatoms. The van der Waals surface area contributed by atoms with Crippen molar-refractivity contribution in [2.75, 3.05) is 31.1 Å². The fourth-order valence-corrected chi connectivity index (χ4v) is 7.54. The molecule has 1 unspecified atom stereocenters. The first-order chi connectivity index (χ1) is 19.8. The first-order valence-electron chi connectivity index (χ1n) is 14.4. The quantitative estimate of drug-likeness (QED) is 0.553. The lowest BCUT2D eigenvalue weighted by atomic mass is 9.73. The van der Waals surface area contributed by atoms with E-state index in [1.165, 1.54) is 4.90 Å². The van der Waals surface area contributed by atoms with Gasteiger partial charge in [-0.15, -0.1) is 0 Å². The number of aliphatic hydroxyl groups is 1. The van der Waals surface area contributed by atoms with Gasteiger partial charge in [0.15, 0.2) is 0 Å². The van der Waals surface area contributed by atoms with Gasteiger partial charge in [-0.1, -0.05) is 79.8 Å². The number of rotatable bonds is 6. The number of fused-ring (bicyclic) bond motifs is 2. The maximum atomic E-state index is 14.6. The van der Waals surface area contributed by atoms with Crippen molar-refractivity contribution in [2.24, 2.45) is 11.8 Å². The molecule has 2 aromatic rings. The second-order valence-electron chi connectivity index (χ2n) is 11.6. The number of anilines is 1. The number of benzene rings is 2. The van der Waals surface area contributed by atoms with Gasteiger partial charge in [0.2, 0.25) is 11.8 Å². The van der Waals surface area contributed by atoms with Gasteiger partial charge in [0.05, 0.1) is 24.0 Å². The molecule has 0 aliphatic carbocycles. The Morgan fingerprint density at radius 2 is 1.59 bits per heavy atom. The minimum absolute atomic E-state index is 0.0190. The minimum atomic E-state index is -1.34. The largest absolute Gasteiger partial charge is 0.395 e. The van der Waals surface area contributed by atoms with Crippen LogP contribution in [0.3, 0.4) is 0 Å². The summed E-state index contributed by atoms with van der Waals surface area (Å²) in [5.74, 6) is -2.45. The van der Waals surface area contributed by atoms with Gasteiger partial charge in [-0.2, -0.15) is 0 Å². The summed E-state index contributed by atoms with van der Waals surface area (Å²) >= 11 is 0. The van der Waals surface area contributed by atoms with E-state index in [2.05, 4.69) is 0 Å². The zero-order chi connectivity index (χ0) is 28.9. The van der Waals surface area contributed by atoms with E-state index in [0.717, 1.165) is 22.4 Å². The van der Waals surface area contributed by atoms with Crippen LogP contribution >= 0.6 is 0 Å². The Balaban J connectivity index is 1.46. The smallest absolute Gasteiger partial charge is 0.253 e. The van der Waals surface area contributed by atoms with Crippen molar-refractivity contribution < 1.29 is 24.2 Å². The number of carbonyl (C=O) groups is 3. The van der Waals surface area contributed by atoms with Crippen molar-refractivity contribution in [1.82, 2.24) is 9.80 Å². The zero-order valence-corrected chi connectivity index (χ0v) is 23.8. The number of β-amino-alcohol motifs (C(OH)–C–C–N with tert-alkyl or cyclic N) is 1. The Morgan fingerprint density at radius 1 is 0.878 bits per heavy atom. The Bertz CT molecular complexity index is 1420. The van der Waals surface area contributed by atoms with Gasteiger partial charge in [0, 0.05) is 31.9 Å². The van der Waals surface area contributed by atoms with E-state index < -0.39 is 29.1 Å². The molecule has 0 saturated carbocycles. The number of para-hydroxylation sites is 1. The second-order valence-corrected chi connectivity index (χ2v) is 11.6. The summed E-state index contributed by atoms with van der Waals surface area (Å²) in [6, 6.07) is 14.7. The highest BCUT2D eigenvalue weighted by molar-refractivity contribution is 6.06. The number of amides is 3. The highest BCUT2D eigenvalue weighted by Gasteiger charge is 2.75. The zero-order valence-electron chi connectivity index (χ0n) is 23.8. The minimum Gasteiger partial charge on any atom is -0.395 e. The van der Waals surface area contributed by atoms with Gasteiger partial charge in [0.25, 0.3) is 5.91 Å². The predicted octanol–water partition coefficient (Wildman–Crippen LogP) is 3.16. The molecule has 0 aromatic heterocycles. The number of hydrogen-bond donors (Lipinski definition) is 1. The number of ether oxygens (including phenoxy) is 1. The molecule has 0 bridgehead atoms. The summed E-state index contributed by atoms with van der Waals surface area (Å²) in [6.45, 7) is 6.70. The molecule has 2 saturated heterocycles. The molecule has 4 heterocycles. The molecule has 3 amide bonds. The van der Waals surface area contributed by atoms with Gasteiger partial charge < -0.3 is 24.5 Å². The number of aliphatic hydroxyl groups excluding tert-OH is 1. The number of hydrogen-bond acceptors (Lipinski definition) is 5. The van der Waals surface area contributed by atoms with Crippen molar-refractivity contribution in [1.29, 1.82) is 0 Å². The van der Waals surface area contributed by atoms with Crippen LogP contribution in [-0.4, -0.2) is 76.1 Å². The Labute approximate surface area is 240 Å². The summed E-state index contributed by atoms with van der Waals surface area (Å²) < 4.78 is 7.00. The fourth-order valence-electron chi connectivity index (χ4n) is 7.54. The summed E-state index contributed by atoms with van der Waals surface area (Å²) in [5.41, 5.74) is 1.33. The number of aryl methyl sites for hydroxylation is 2. The molecule has 5 atom stereocenters. The van der Waals surface area contributed by atoms with Crippen LogP contribution in [0.5, 0.6) is 0 Å². The van der Waals surface area contributed by atoms with Gasteiger partial charge >= 0.3 is 0 Å². The van der Waals surface area contributed by atoms with Crippen LogP contribution < -0.4 is 4.90 Å². The van der Waals surface area contributed by atoms with Crippen LogP contribution in [0.1, 0.15) is 30.0 Å². The predicted molar refractivity (Wildman–Crippen MR) is 155 cm³/mol. The summed E-state index contributed by atoms with van der Waals surface area (Å²) in [4.78, 5) is 48.3. The van der Waals surface area contributed by atoms with E-state index in [1.807, 2.05) is 93.6 Å². The summed E-state index contributed by atoms with van der Waals surface area (Å²) in [5, 5.41) is 9.99. The van der Waals surface area contributed by atoms with E-state index in [0.29, 0.717) is 26.1 Å².